The molecule has 1 aliphatic heterocycles. The fourth-order valence-electron chi connectivity index (χ4n) is 4.50. The van der Waals surface area contributed by atoms with Gasteiger partial charge in [-0.1, -0.05) is 6.07 Å². The number of nitrogens with two attached hydrogens (primary N) is 2. The lowest BCUT2D eigenvalue weighted by Gasteiger charge is -2.26. The SMILES string of the molecule is COC(=O)C[C@@H](c1ccc(F)c(C(F)(F)F)c1)C(C(N)=O)n1ncc2c(NC3=NCC(F)CN3)cc(C(N)=O)cc21.O=C(O)C(F)(F)F. The predicted molar refractivity (Wildman–Crippen MR) is 150 cm³/mol. The molecule has 260 valence electrons. The third-order valence-electron chi connectivity index (χ3n) is 6.71. The van der Waals surface area contributed by atoms with Crippen LogP contribution in [0, 0.1) is 5.82 Å². The van der Waals surface area contributed by atoms with E-state index in [1.807, 2.05) is 0 Å². The van der Waals surface area contributed by atoms with Crippen LogP contribution < -0.4 is 22.1 Å². The third kappa shape index (κ3) is 8.85. The predicted octanol–water partition coefficient (Wildman–Crippen LogP) is 3.01. The zero-order chi connectivity index (χ0) is 36.1. The molecule has 4 rings (SSSR count). The first-order valence-corrected chi connectivity index (χ1v) is 13.3. The number of methoxy groups -OCH3 is 1. The Morgan fingerprint density at radius 1 is 1.12 bits per heavy atom. The third-order valence-corrected chi connectivity index (χ3v) is 6.71. The minimum Gasteiger partial charge on any atom is -0.475 e. The van der Waals surface area contributed by atoms with Crippen molar-refractivity contribution in [2.24, 2.45) is 16.5 Å². The molecule has 21 heteroatoms. The summed E-state index contributed by atoms with van der Waals surface area (Å²) in [5.41, 5.74) is 9.59. The van der Waals surface area contributed by atoms with Crippen molar-refractivity contribution < 1.29 is 64.1 Å². The number of nitrogens with one attached hydrogen (secondary N) is 2. The zero-order valence-electron chi connectivity index (χ0n) is 24.3. The van der Waals surface area contributed by atoms with Gasteiger partial charge in [-0.2, -0.15) is 31.4 Å². The Bertz CT molecular complexity index is 1740. The number of nitrogens with zero attached hydrogens (tertiary/aromatic N) is 3. The van der Waals surface area contributed by atoms with Crippen LogP contribution in [0.4, 0.5) is 40.8 Å². The Hall–Kier alpha value is -5.50. The molecule has 0 spiro atoms. The standard InChI is InChI=1S/C25H24F5N7O4.C2HF3O2/c1-41-20(38)7-14(11-2-3-17(27)16(4-11)25(28,29)30)21(23(32)40)37-19-6-12(22(31)39)5-18(15(19)10-35-37)36-24-33-8-13(26)9-34-24;3-2(4,5)1(6)7/h2-6,10,13-14,21H,7-9H2,1H3,(H2,31,39)(H2,32,40)(H2,33,34,36);(H,6,7)/t14-,21?;/m0./s1. The van der Waals surface area contributed by atoms with Crippen molar-refractivity contribution in [3.8, 4) is 0 Å². The summed E-state index contributed by atoms with van der Waals surface area (Å²) in [6.45, 7) is -0.149. The molecule has 13 nitrogen and oxygen atoms in total. The van der Waals surface area contributed by atoms with E-state index in [-0.39, 0.29) is 41.4 Å². The maximum atomic E-state index is 14.1. The topological polar surface area (TPSA) is 204 Å². The van der Waals surface area contributed by atoms with Gasteiger partial charge in [-0.05, 0) is 29.8 Å². The number of ether oxygens (including phenoxy) is 1. The monoisotopic (exact) mass is 695 g/mol. The number of hydrogen-bond donors (Lipinski definition) is 5. The number of anilines is 1. The van der Waals surface area contributed by atoms with Gasteiger partial charge in [0.2, 0.25) is 11.8 Å². The number of fused-ring (bicyclic) bond motifs is 1. The molecule has 2 aromatic carbocycles. The molecular formula is C27H25F8N7O6. The fraction of sp³-hybridized carbons (Fsp3) is 0.333. The van der Waals surface area contributed by atoms with Crippen molar-refractivity contribution in [1.29, 1.82) is 0 Å². The molecule has 2 heterocycles. The number of carbonyl (C=O) groups excluding carboxylic acids is 3. The van der Waals surface area contributed by atoms with Crippen LogP contribution >= 0.6 is 0 Å². The number of benzene rings is 2. The molecule has 1 aromatic heterocycles. The van der Waals surface area contributed by atoms with Gasteiger partial charge in [-0.25, -0.2) is 18.6 Å². The van der Waals surface area contributed by atoms with E-state index >= 15 is 0 Å². The van der Waals surface area contributed by atoms with Gasteiger partial charge in [0.1, 0.15) is 18.0 Å². The highest BCUT2D eigenvalue weighted by atomic mass is 19.4. The maximum Gasteiger partial charge on any atom is 0.490 e. The van der Waals surface area contributed by atoms with Crippen LogP contribution in [0.3, 0.4) is 0 Å². The van der Waals surface area contributed by atoms with Gasteiger partial charge in [-0.3, -0.25) is 19.1 Å². The number of aliphatic imine (C=N–C) groups is 1. The molecule has 3 atom stereocenters. The molecule has 48 heavy (non-hydrogen) atoms. The van der Waals surface area contributed by atoms with Crippen LogP contribution in [0.5, 0.6) is 0 Å². The lowest BCUT2D eigenvalue weighted by Crippen LogP contribution is -2.41. The number of halogens is 8. The average molecular weight is 696 g/mol. The molecule has 0 radical (unpaired) electrons. The van der Waals surface area contributed by atoms with Crippen LogP contribution in [-0.4, -0.2) is 77.1 Å². The molecule has 1 aliphatic rings. The second-order valence-corrected chi connectivity index (χ2v) is 9.98. The van der Waals surface area contributed by atoms with Gasteiger partial charge < -0.3 is 31.9 Å². The van der Waals surface area contributed by atoms with Crippen molar-refractivity contribution in [2.75, 3.05) is 25.5 Å². The van der Waals surface area contributed by atoms with Crippen LogP contribution in [0.25, 0.3) is 10.9 Å². The highest BCUT2D eigenvalue weighted by molar-refractivity contribution is 6.07. The molecule has 2 unspecified atom stereocenters. The van der Waals surface area contributed by atoms with Gasteiger partial charge in [0.25, 0.3) is 0 Å². The number of aromatic nitrogens is 2. The van der Waals surface area contributed by atoms with Gasteiger partial charge in [0.15, 0.2) is 5.96 Å². The van der Waals surface area contributed by atoms with Crippen molar-refractivity contribution in [1.82, 2.24) is 15.1 Å². The number of rotatable bonds is 8. The van der Waals surface area contributed by atoms with E-state index in [4.69, 9.17) is 21.4 Å². The summed E-state index contributed by atoms with van der Waals surface area (Å²) in [6.07, 6.45) is -10.7. The normalized spacial score (nSPS) is 16.0. The summed E-state index contributed by atoms with van der Waals surface area (Å²) in [4.78, 5) is 50.3. The quantitative estimate of drug-likeness (QED) is 0.173. The van der Waals surface area contributed by atoms with Crippen molar-refractivity contribution in [2.45, 2.75) is 36.9 Å². The van der Waals surface area contributed by atoms with Crippen molar-refractivity contribution >= 4 is 46.3 Å². The molecule has 7 N–H and O–H groups in total. The number of hydrogen-bond acceptors (Lipinski definition) is 9. The Morgan fingerprint density at radius 2 is 1.77 bits per heavy atom. The average Bonchev–Trinajstić information content (AvgIpc) is 3.41. The Morgan fingerprint density at radius 3 is 2.27 bits per heavy atom. The first-order chi connectivity index (χ1) is 22.2. The van der Waals surface area contributed by atoms with E-state index in [1.165, 1.54) is 18.3 Å². The number of amides is 2. The zero-order valence-corrected chi connectivity index (χ0v) is 24.3. The van der Waals surface area contributed by atoms with E-state index < -0.39 is 72.0 Å². The van der Waals surface area contributed by atoms with E-state index in [9.17, 15) is 49.5 Å². The van der Waals surface area contributed by atoms with Gasteiger partial charge >= 0.3 is 24.3 Å². The van der Waals surface area contributed by atoms with Crippen LogP contribution in [0.1, 0.15) is 39.9 Å². The minimum absolute atomic E-state index is 0.0275. The van der Waals surface area contributed by atoms with Crippen LogP contribution in [0.2, 0.25) is 0 Å². The molecule has 0 bridgehead atoms. The highest BCUT2D eigenvalue weighted by Gasteiger charge is 2.39. The highest BCUT2D eigenvalue weighted by Crippen LogP contribution is 2.39. The van der Waals surface area contributed by atoms with Gasteiger partial charge in [0, 0.05) is 16.9 Å². The first kappa shape index (κ1) is 37.0. The maximum absolute atomic E-state index is 14.1. The summed E-state index contributed by atoms with van der Waals surface area (Å²) >= 11 is 0. The van der Waals surface area contributed by atoms with Crippen molar-refractivity contribution in [3.05, 3.63) is 59.0 Å². The molecule has 3 aromatic rings. The molecular weight excluding hydrogens is 670 g/mol. The fourth-order valence-corrected chi connectivity index (χ4v) is 4.50. The van der Waals surface area contributed by atoms with Crippen LogP contribution in [0.15, 0.2) is 41.5 Å². The largest absolute Gasteiger partial charge is 0.490 e. The number of guanidine groups is 1. The lowest BCUT2D eigenvalue weighted by molar-refractivity contribution is -0.192. The molecule has 0 saturated heterocycles. The van der Waals surface area contributed by atoms with Gasteiger partial charge in [0.05, 0.1) is 49.6 Å². The molecule has 2 amide bonds. The Balaban J connectivity index is 0.000000804. The smallest absolute Gasteiger partial charge is 0.475 e. The Kier molecular flexibility index (Phi) is 11.2. The van der Waals surface area contributed by atoms with E-state index in [1.54, 1.807) is 0 Å². The second kappa shape index (κ2) is 14.5. The number of esters is 1. The first-order valence-electron chi connectivity index (χ1n) is 13.3. The summed E-state index contributed by atoms with van der Waals surface area (Å²) in [7, 11) is 1.04. The minimum atomic E-state index is -5.08. The number of carboxylic acids is 1. The van der Waals surface area contributed by atoms with E-state index in [0.717, 1.165) is 17.9 Å². The number of carbonyl (C=O) groups is 4. The Labute approximate surface area is 263 Å². The molecule has 0 saturated carbocycles. The van der Waals surface area contributed by atoms with Gasteiger partial charge in [-0.15, -0.1) is 0 Å². The van der Waals surface area contributed by atoms with Crippen molar-refractivity contribution in [3.63, 3.8) is 0 Å². The summed E-state index contributed by atoms with van der Waals surface area (Å²) < 4.78 is 106. The number of primary amides is 2. The summed E-state index contributed by atoms with van der Waals surface area (Å²) in [5.74, 6) is -8.43. The molecule has 0 fully saturated rings. The summed E-state index contributed by atoms with van der Waals surface area (Å²) in [5, 5.41) is 17.3. The second-order valence-electron chi connectivity index (χ2n) is 9.98. The molecule has 0 aliphatic carbocycles. The summed E-state index contributed by atoms with van der Waals surface area (Å²) in [6, 6.07) is 3.06. The van der Waals surface area contributed by atoms with E-state index in [0.29, 0.717) is 17.5 Å². The number of alkyl halides is 7. The van der Waals surface area contributed by atoms with Crippen LogP contribution in [-0.2, 0) is 25.3 Å². The number of carboxylic acid groups (broad SMARTS) is 1. The lowest BCUT2D eigenvalue weighted by atomic mass is 9.86. The number of aliphatic carboxylic acids is 1. The van der Waals surface area contributed by atoms with E-state index in [2.05, 4.69) is 25.5 Å².